The van der Waals surface area contributed by atoms with Gasteiger partial charge >= 0.3 is 0 Å². The molecule has 0 bridgehead atoms. The maximum absolute atomic E-state index is 13.9. The van der Waals surface area contributed by atoms with Gasteiger partial charge in [0, 0.05) is 23.6 Å². The molecule has 1 heterocycles. The Morgan fingerprint density at radius 2 is 1.76 bits per heavy atom. The van der Waals surface area contributed by atoms with Crippen LogP contribution in [0.5, 0.6) is 0 Å². The van der Waals surface area contributed by atoms with E-state index < -0.39 is 0 Å². The number of nitrogens with zero attached hydrogens (tertiary/aromatic N) is 2. The molecule has 1 atom stereocenters. The van der Waals surface area contributed by atoms with Gasteiger partial charge < -0.3 is 9.88 Å². The first-order valence-electron chi connectivity index (χ1n) is 6.85. The summed E-state index contributed by atoms with van der Waals surface area (Å²) in [4.78, 5) is 4.32. The second-order valence-corrected chi connectivity index (χ2v) is 4.85. The zero-order chi connectivity index (χ0) is 14.7. The Bertz CT molecular complexity index is 722. The monoisotopic (exact) mass is 281 g/mol. The van der Waals surface area contributed by atoms with Crippen LogP contribution in [-0.2, 0) is 0 Å². The highest BCUT2D eigenvalue weighted by atomic mass is 19.1. The van der Waals surface area contributed by atoms with Crippen molar-refractivity contribution in [2.45, 2.75) is 13.0 Å². The van der Waals surface area contributed by atoms with Gasteiger partial charge in [0.05, 0.1) is 6.04 Å². The van der Waals surface area contributed by atoms with Crippen LogP contribution in [0.25, 0.3) is 0 Å². The Morgan fingerprint density at radius 3 is 2.52 bits per heavy atom. The van der Waals surface area contributed by atoms with Gasteiger partial charge in [0.25, 0.3) is 0 Å². The van der Waals surface area contributed by atoms with Crippen molar-refractivity contribution in [2.24, 2.45) is 0 Å². The minimum absolute atomic E-state index is 0.139. The van der Waals surface area contributed by atoms with Crippen LogP contribution in [0.1, 0.15) is 18.5 Å². The minimum Gasteiger partial charge on any atom is -0.326 e. The van der Waals surface area contributed by atoms with Gasteiger partial charge in [-0.05, 0) is 25.1 Å². The number of benzene rings is 2. The molecule has 0 amide bonds. The highest BCUT2D eigenvalue weighted by Gasteiger charge is 2.15. The summed E-state index contributed by atoms with van der Waals surface area (Å²) in [5, 5.41) is 3.25. The van der Waals surface area contributed by atoms with E-state index >= 15 is 0 Å². The number of hydrogen-bond donors (Lipinski definition) is 1. The molecule has 0 saturated carbocycles. The summed E-state index contributed by atoms with van der Waals surface area (Å²) in [5.41, 5.74) is 1.59. The fourth-order valence-electron chi connectivity index (χ4n) is 2.34. The van der Waals surface area contributed by atoms with Crippen molar-refractivity contribution in [3.8, 4) is 0 Å². The SMILES string of the molecule is CC(c1ccccc1F)n1ccnc1Nc1ccccc1. The van der Waals surface area contributed by atoms with Crippen molar-refractivity contribution < 1.29 is 4.39 Å². The lowest BCUT2D eigenvalue weighted by Crippen LogP contribution is -2.10. The lowest BCUT2D eigenvalue weighted by atomic mass is 10.1. The van der Waals surface area contributed by atoms with Gasteiger partial charge in [-0.1, -0.05) is 36.4 Å². The normalized spacial score (nSPS) is 12.1. The highest BCUT2D eigenvalue weighted by molar-refractivity contribution is 5.53. The lowest BCUT2D eigenvalue weighted by molar-refractivity contribution is 0.560. The molecule has 0 fully saturated rings. The molecule has 0 aliphatic heterocycles. The summed E-state index contributed by atoms with van der Waals surface area (Å²) in [5.74, 6) is 0.487. The molecule has 1 unspecified atom stereocenters. The topological polar surface area (TPSA) is 29.9 Å². The molecule has 0 aliphatic rings. The van der Waals surface area contributed by atoms with Gasteiger partial charge in [-0.2, -0.15) is 0 Å². The van der Waals surface area contributed by atoms with Crippen molar-refractivity contribution in [1.29, 1.82) is 0 Å². The van der Waals surface area contributed by atoms with Gasteiger partial charge in [-0.25, -0.2) is 9.37 Å². The maximum atomic E-state index is 13.9. The van der Waals surface area contributed by atoms with Crippen molar-refractivity contribution in [2.75, 3.05) is 5.32 Å². The van der Waals surface area contributed by atoms with E-state index in [2.05, 4.69) is 10.3 Å². The zero-order valence-corrected chi connectivity index (χ0v) is 11.7. The molecule has 4 heteroatoms. The van der Waals surface area contributed by atoms with Crippen molar-refractivity contribution >= 4 is 11.6 Å². The highest BCUT2D eigenvalue weighted by Crippen LogP contribution is 2.25. The van der Waals surface area contributed by atoms with E-state index in [1.165, 1.54) is 6.07 Å². The van der Waals surface area contributed by atoms with Crippen LogP contribution in [0.3, 0.4) is 0 Å². The van der Waals surface area contributed by atoms with E-state index in [0.29, 0.717) is 11.5 Å². The van der Waals surface area contributed by atoms with E-state index in [9.17, 15) is 4.39 Å². The number of hydrogen-bond acceptors (Lipinski definition) is 2. The van der Waals surface area contributed by atoms with Crippen LogP contribution in [0, 0.1) is 5.82 Å². The second-order valence-electron chi connectivity index (χ2n) is 4.85. The quantitative estimate of drug-likeness (QED) is 0.769. The summed E-state index contributed by atoms with van der Waals surface area (Å²) in [6.45, 7) is 1.95. The summed E-state index contributed by atoms with van der Waals surface area (Å²) in [6.07, 6.45) is 3.56. The fourth-order valence-corrected chi connectivity index (χ4v) is 2.34. The van der Waals surface area contributed by atoms with Crippen LogP contribution in [0.15, 0.2) is 67.0 Å². The Morgan fingerprint density at radius 1 is 1.05 bits per heavy atom. The smallest absolute Gasteiger partial charge is 0.207 e. The van der Waals surface area contributed by atoms with E-state index in [-0.39, 0.29) is 11.9 Å². The number of imidazole rings is 1. The predicted octanol–water partition coefficient (Wildman–Crippen LogP) is 4.38. The summed E-state index contributed by atoms with van der Waals surface area (Å²) in [7, 11) is 0. The Labute approximate surface area is 123 Å². The first-order valence-corrected chi connectivity index (χ1v) is 6.85. The number of halogens is 1. The van der Waals surface area contributed by atoms with E-state index in [4.69, 9.17) is 0 Å². The molecule has 0 saturated heterocycles. The van der Waals surface area contributed by atoms with Gasteiger partial charge in [-0.15, -0.1) is 0 Å². The van der Waals surface area contributed by atoms with E-state index in [0.717, 1.165) is 5.69 Å². The molecule has 106 valence electrons. The number of nitrogens with one attached hydrogen (secondary N) is 1. The van der Waals surface area contributed by atoms with Crippen LogP contribution in [-0.4, -0.2) is 9.55 Å². The standard InChI is InChI=1S/C17H16FN3/c1-13(15-9-5-6-10-16(15)18)21-12-11-19-17(21)20-14-7-3-2-4-8-14/h2-13H,1H3,(H,19,20). The van der Waals surface area contributed by atoms with Gasteiger partial charge in [0.2, 0.25) is 5.95 Å². The lowest BCUT2D eigenvalue weighted by Gasteiger charge is -2.18. The van der Waals surface area contributed by atoms with Crippen molar-refractivity contribution in [1.82, 2.24) is 9.55 Å². The van der Waals surface area contributed by atoms with Gasteiger partial charge in [0.15, 0.2) is 0 Å². The molecule has 1 N–H and O–H groups in total. The molecule has 0 radical (unpaired) electrons. The summed E-state index contributed by atoms with van der Waals surface area (Å²) >= 11 is 0. The number of para-hydroxylation sites is 1. The molecular weight excluding hydrogens is 265 g/mol. The van der Waals surface area contributed by atoms with E-state index in [1.807, 2.05) is 54.1 Å². The van der Waals surface area contributed by atoms with Crippen LogP contribution < -0.4 is 5.32 Å². The van der Waals surface area contributed by atoms with Gasteiger partial charge in [0.1, 0.15) is 5.82 Å². The second kappa shape index (κ2) is 5.79. The molecule has 0 aliphatic carbocycles. The third kappa shape index (κ3) is 2.79. The maximum Gasteiger partial charge on any atom is 0.207 e. The first kappa shape index (κ1) is 13.4. The molecule has 3 nitrogen and oxygen atoms in total. The fraction of sp³-hybridized carbons (Fsp3) is 0.118. The molecule has 3 rings (SSSR count). The van der Waals surface area contributed by atoms with Crippen LogP contribution in [0.2, 0.25) is 0 Å². The van der Waals surface area contributed by atoms with Crippen molar-refractivity contribution in [3.05, 3.63) is 78.4 Å². The third-order valence-corrected chi connectivity index (χ3v) is 3.47. The predicted molar refractivity (Wildman–Crippen MR) is 82.2 cm³/mol. The zero-order valence-electron chi connectivity index (χ0n) is 11.7. The minimum atomic E-state index is -0.204. The Kier molecular flexibility index (Phi) is 3.69. The molecule has 1 aromatic heterocycles. The summed E-state index contributed by atoms with van der Waals surface area (Å²) < 4.78 is 15.9. The third-order valence-electron chi connectivity index (χ3n) is 3.47. The number of aromatic nitrogens is 2. The Hall–Kier alpha value is -2.62. The van der Waals surface area contributed by atoms with Crippen molar-refractivity contribution in [3.63, 3.8) is 0 Å². The first-order chi connectivity index (χ1) is 10.3. The van der Waals surface area contributed by atoms with E-state index in [1.54, 1.807) is 18.3 Å². The Balaban J connectivity index is 1.90. The molecule has 3 aromatic rings. The number of anilines is 2. The van der Waals surface area contributed by atoms with Crippen LogP contribution >= 0.6 is 0 Å². The molecular formula is C17H16FN3. The summed E-state index contributed by atoms with van der Waals surface area (Å²) in [6, 6.07) is 16.5. The molecule has 21 heavy (non-hydrogen) atoms. The molecule has 2 aromatic carbocycles. The molecule has 0 spiro atoms. The largest absolute Gasteiger partial charge is 0.326 e. The average molecular weight is 281 g/mol. The number of rotatable bonds is 4. The van der Waals surface area contributed by atoms with Gasteiger partial charge in [-0.3, -0.25) is 0 Å². The van der Waals surface area contributed by atoms with Crippen LogP contribution in [0.4, 0.5) is 16.0 Å². The average Bonchev–Trinajstić information content (AvgIpc) is 2.96.